The van der Waals surface area contributed by atoms with Gasteiger partial charge in [0.15, 0.2) is 0 Å². The van der Waals surface area contributed by atoms with Crippen molar-refractivity contribution in [3.05, 3.63) is 34.9 Å². The molecular formula is C18H28ClNO. The maximum absolute atomic E-state index is 11.1. The number of hydrogen-bond donors (Lipinski definition) is 2. The zero-order chi connectivity index (χ0) is 15.5. The Hall–Kier alpha value is -0.570. The molecule has 0 radical (unpaired) electrons. The van der Waals surface area contributed by atoms with Gasteiger partial charge < -0.3 is 10.8 Å². The summed E-state index contributed by atoms with van der Waals surface area (Å²) in [4.78, 5) is 0. The second kappa shape index (κ2) is 7.13. The van der Waals surface area contributed by atoms with Crippen LogP contribution in [0.3, 0.4) is 0 Å². The molecule has 1 aromatic carbocycles. The van der Waals surface area contributed by atoms with Gasteiger partial charge in [0, 0.05) is 17.5 Å². The zero-order valence-corrected chi connectivity index (χ0v) is 13.9. The summed E-state index contributed by atoms with van der Waals surface area (Å²) in [7, 11) is 0. The quantitative estimate of drug-likeness (QED) is 0.820. The van der Waals surface area contributed by atoms with E-state index in [0.717, 1.165) is 24.8 Å². The molecule has 118 valence electrons. The van der Waals surface area contributed by atoms with Gasteiger partial charge >= 0.3 is 0 Å². The van der Waals surface area contributed by atoms with Crippen LogP contribution in [0.25, 0.3) is 0 Å². The fraction of sp³-hybridized carbons (Fsp3) is 0.667. The van der Waals surface area contributed by atoms with Crippen LogP contribution in [0, 0.1) is 11.3 Å². The van der Waals surface area contributed by atoms with E-state index in [1.165, 1.54) is 12.8 Å². The Morgan fingerprint density at radius 2 is 1.95 bits per heavy atom. The molecule has 3 heteroatoms. The lowest BCUT2D eigenvalue weighted by Gasteiger charge is -2.40. The van der Waals surface area contributed by atoms with E-state index in [9.17, 15) is 5.11 Å². The minimum atomic E-state index is -0.383. The summed E-state index contributed by atoms with van der Waals surface area (Å²) < 4.78 is 0. The van der Waals surface area contributed by atoms with Gasteiger partial charge in [0.1, 0.15) is 0 Å². The predicted octanol–water partition coefficient (Wildman–Crippen LogP) is 4.35. The molecule has 0 heterocycles. The summed E-state index contributed by atoms with van der Waals surface area (Å²) >= 11 is 6.11. The Kier molecular flexibility index (Phi) is 5.70. The summed E-state index contributed by atoms with van der Waals surface area (Å²) in [5.74, 6) is 0.566. The highest BCUT2D eigenvalue weighted by atomic mass is 35.5. The van der Waals surface area contributed by atoms with Crippen LogP contribution in [-0.2, 0) is 0 Å². The van der Waals surface area contributed by atoms with Crippen LogP contribution in [-0.4, -0.2) is 17.8 Å². The molecule has 0 spiro atoms. The summed E-state index contributed by atoms with van der Waals surface area (Å²) in [5.41, 5.74) is 7.10. The summed E-state index contributed by atoms with van der Waals surface area (Å²) in [5, 5.41) is 11.8. The lowest BCUT2D eigenvalue weighted by Crippen LogP contribution is -2.41. The molecule has 21 heavy (non-hydrogen) atoms. The summed E-state index contributed by atoms with van der Waals surface area (Å²) in [6.45, 7) is 4.94. The molecule has 0 amide bonds. The molecule has 0 aromatic heterocycles. The smallest absolute Gasteiger partial charge is 0.0677 e. The molecule has 1 aliphatic carbocycles. The van der Waals surface area contributed by atoms with Crippen LogP contribution in [0.5, 0.6) is 0 Å². The fourth-order valence-electron chi connectivity index (χ4n) is 4.12. The Bertz CT molecular complexity index is 454. The Morgan fingerprint density at radius 1 is 1.29 bits per heavy atom. The molecule has 0 saturated heterocycles. The first-order valence-electron chi connectivity index (χ1n) is 8.12. The van der Waals surface area contributed by atoms with Crippen LogP contribution >= 0.6 is 11.6 Å². The number of halogens is 1. The Morgan fingerprint density at radius 3 is 2.48 bits per heavy atom. The molecule has 1 aliphatic rings. The molecule has 3 N–H and O–H groups in total. The molecule has 1 fully saturated rings. The van der Waals surface area contributed by atoms with Crippen LogP contribution in [0.15, 0.2) is 24.3 Å². The number of benzene rings is 1. The SMILES string of the molecule is CC(C)CC1(C(O)C(CN)c2cccc(Cl)c2)CCCC1. The molecule has 1 aromatic rings. The van der Waals surface area contributed by atoms with Gasteiger partial charge in [0.2, 0.25) is 0 Å². The van der Waals surface area contributed by atoms with E-state index < -0.39 is 0 Å². The third-order valence-electron chi connectivity index (χ3n) is 4.95. The minimum absolute atomic E-state index is 0.0273. The van der Waals surface area contributed by atoms with Crippen molar-refractivity contribution in [1.82, 2.24) is 0 Å². The van der Waals surface area contributed by atoms with E-state index in [0.29, 0.717) is 17.5 Å². The second-order valence-electron chi connectivity index (χ2n) is 7.01. The van der Waals surface area contributed by atoms with Crippen molar-refractivity contribution < 1.29 is 5.11 Å². The van der Waals surface area contributed by atoms with Gasteiger partial charge in [-0.2, -0.15) is 0 Å². The van der Waals surface area contributed by atoms with Gasteiger partial charge in [-0.05, 0) is 48.3 Å². The molecule has 2 rings (SSSR count). The summed E-state index contributed by atoms with van der Waals surface area (Å²) in [6.07, 6.45) is 5.36. The van der Waals surface area contributed by atoms with Crippen molar-refractivity contribution in [1.29, 1.82) is 0 Å². The first-order chi connectivity index (χ1) is 9.98. The number of hydrogen-bond acceptors (Lipinski definition) is 2. The third-order valence-corrected chi connectivity index (χ3v) is 5.19. The Labute approximate surface area is 133 Å². The number of nitrogens with two attached hydrogens (primary N) is 1. The van der Waals surface area contributed by atoms with Gasteiger partial charge in [-0.15, -0.1) is 0 Å². The van der Waals surface area contributed by atoms with E-state index in [1.54, 1.807) is 0 Å². The highest BCUT2D eigenvalue weighted by Gasteiger charge is 2.44. The molecule has 2 unspecified atom stereocenters. The standard InChI is InChI=1S/C18H28ClNO/c1-13(2)11-18(8-3-4-9-18)17(21)16(12-20)14-6-5-7-15(19)10-14/h5-7,10,13,16-17,21H,3-4,8-9,11-12,20H2,1-2H3. The highest BCUT2D eigenvalue weighted by molar-refractivity contribution is 6.30. The van der Waals surface area contributed by atoms with Crippen molar-refractivity contribution in [2.75, 3.05) is 6.54 Å². The topological polar surface area (TPSA) is 46.2 Å². The van der Waals surface area contributed by atoms with Gasteiger partial charge in [-0.25, -0.2) is 0 Å². The molecule has 1 saturated carbocycles. The number of aliphatic hydroxyl groups excluding tert-OH is 1. The molecule has 0 bridgehead atoms. The zero-order valence-electron chi connectivity index (χ0n) is 13.2. The first kappa shape index (κ1) is 16.8. The van der Waals surface area contributed by atoms with E-state index in [-0.39, 0.29) is 17.4 Å². The van der Waals surface area contributed by atoms with Crippen LogP contribution in [0.2, 0.25) is 5.02 Å². The van der Waals surface area contributed by atoms with E-state index in [4.69, 9.17) is 17.3 Å². The predicted molar refractivity (Wildman–Crippen MR) is 89.6 cm³/mol. The average Bonchev–Trinajstić information content (AvgIpc) is 2.88. The fourth-order valence-corrected chi connectivity index (χ4v) is 4.32. The van der Waals surface area contributed by atoms with Gasteiger partial charge in [0.25, 0.3) is 0 Å². The monoisotopic (exact) mass is 309 g/mol. The number of rotatable bonds is 6. The second-order valence-corrected chi connectivity index (χ2v) is 7.45. The normalized spacial score (nSPS) is 20.7. The Balaban J connectivity index is 2.27. The maximum Gasteiger partial charge on any atom is 0.0677 e. The van der Waals surface area contributed by atoms with E-state index >= 15 is 0 Å². The summed E-state index contributed by atoms with van der Waals surface area (Å²) in [6, 6.07) is 7.78. The first-order valence-corrected chi connectivity index (χ1v) is 8.50. The van der Waals surface area contributed by atoms with Gasteiger partial charge in [-0.1, -0.05) is 50.4 Å². The van der Waals surface area contributed by atoms with Gasteiger partial charge in [0.05, 0.1) is 6.10 Å². The molecule has 2 nitrogen and oxygen atoms in total. The molecule has 0 aliphatic heterocycles. The third kappa shape index (κ3) is 3.80. The average molecular weight is 310 g/mol. The van der Waals surface area contributed by atoms with E-state index in [1.807, 2.05) is 24.3 Å². The van der Waals surface area contributed by atoms with Crippen molar-refractivity contribution in [2.45, 2.75) is 58.0 Å². The highest BCUT2D eigenvalue weighted by Crippen LogP contribution is 2.49. The minimum Gasteiger partial charge on any atom is -0.392 e. The lowest BCUT2D eigenvalue weighted by molar-refractivity contribution is -0.00503. The van der Waals surface area contributed by atoms with Crippen LogP contribution < -0.4 is 5.73 Å². The van der Waals surface area contributed by atoms with Crippen LogP contribution in [0.4, 0.5) is 0 Å². The van der Waals surface area contributed by atoms with Gasteiger partial charge in [-0.3, -0.25) is 0 Å². The van der Waals surface area contributed by atoms with Crippen molar-refractivity contribution in [2.24, 2.45) is 17.1 Å². The molecule has 2 atom stereocenters. The van der Waals surface area contributed by atoms with E-state index in [2.05, 4.69) is 13.8 Å². The maximum atomic E-state index is 11.1. The van der Waals surface area contributed by atoms with Crippen molar-refractivity contribution in [3.8, 4) is 0 Å². The lowest BCUT2D eigenvalue weighted by atomic mass is 9.68. The molecular weight excluding hydrogens is 282 g/mol. The van der Waals surface area contributed by atoms with Crippen molar-refractivity contribution in [3.63, 3.8) is 0 Å². The number of aliphatic hydroxyl groups is 1. The van der Waals surface area contributed by atoms with Crippen molar-refractivity contribution >= 4 is 11.6 Å². The van der Waals surface area contributed by atoms with Crippen LogP contribution in [0.1, 0.15) is 57.4 Å². The largest absolute Gasteiger partial charge is 0.392 e.